The summed E-state index contributed by atoms with van der Waals surface area (Å²) in [4.78, 5) is 11.2. The molecule has 0 amide bonds. The number of ether oxygens (including phenoxy) is 1. The third-order valence-corrected chi connectivity index (χ3v) is 4.03. The molecule has 1 aromatic heterocycles. The second-order valence-corrected chi connectivity index (χ2v) is 5.30. The van der Waals surface area contributed by atoms with Crippen LogP contribution in [-0.2, 0) is 11.2 Å². The first kappa shape index (κ1) is 14.9. The summed E-state index contributed by atoms with van der Waals surface area (Å²) < 4.78 is 7.39. The lowest BCUT2D eigenvalue weighted by atomic mass is 10.0. The molecular formula is C15H23N3O2. The van der Waals surface area contributed by atoms with Crippen LogP contribution in [0.4, 0.5) is 0 Å². The van der Waals surface area contributed by atoms with E-state index >= 15 is 0 Å². The van der Waals surface area contributed by atoms with Gasteiger partial charge in [-0.15, -0.1) is 0 Å². The Morgan fingerprint density at radius 2 is 2.35 bits per heavy atom. The van der Waals surface area contributed by atoms with E-state index in [1.165, 1.54) is 0 Å². The summed E-state index contributed by atoms with van der Waals surface area (Å²) in [5.41, 5.74) is 2.70. The zero-order chi connectivity index (χ0) is 14.5. The number of hydrogen-bond donors (Lipinski definition) is 1. The van der Waals surface area contributed by atoms with Crippen molar-refractivity contribution >= 4 is 6.29 Å². The van der Waals surface area contributed by atoms with Gasteiger partial charge in [0.15, 0.2) is 6.29 Å². The van der Waals surface area contributed by atoms with E-state index in [2.05, 4.69) is 23.9 Å². The minimum atomic E-state index is 0.215. The van der Waals surface area contributed by atoms with Crippen LogP contribution >= 0.6 is 0 Å². The van der Waals surface area contributed by atoms with E-state index in [0.717, 1.165) is 43.6 Å². The SMILES string of the molecule is C=C(Cc1c(C=O)cnn1C1CCOCC1)C(C)NC. The molecule has 1 aliphatic rings. The Morgan fingerprint density at radius 1 is 1.65 bits per heavy atom. The van der Waals surface area contributed by atoms with E-state index in [9.17, 15) is 4.79 Å². The van der Waals surface area contributed by atoms with E-state index in [-0.39, 0.29) is 6.04 Å². The van der Waals surface area contributed by atoms with E-state index in [4.69, 9.17) is 4.74 Å². The number of nitrogens with one attached hydrogen (secondary N) is 1. The van der Waals surface area contributed by atoms with Crippen LogP contribution < -0.4 is 5.32 Å². The summed E-state index contributed by atoms with van der Waals surface area (Å²) in [6.07, 6.45) is 5.11. The van der Waals surface area contributed by atoms with Crippen LogP contribution in [0.3, 0.4) is 0 Å². The van der Waals surface area contributed by atoms with Gasteiger partial charge >= 0.3 is 0 Å². The molecule has 0 radical (unpaired) electrons. The van der Waals surface area contributed by atoms with Crippen LogP contribution in [-0.4, -0.2) is 42.4 Å². The fourth-order valence-electron chi connectivity index (χ4n) is 2.50. The highest BCUT2D eigenvalue weighted by atomic mass is 16.5. The molecule has 1 atom stereocenters. The second-order valence-electron chi connectivity index (χ2n) is 5.30. The third kappa shape index (κ3) is 3.16. The van der Waals surface area contributed by atoms with E-state index in [1.807, 2.05) is 11.7 Å². The number of aldehydes is 1. The molecule has 1 aliphatic heterocycles. The minimum Gasteiger partial charge on any atom is -0.381 e. The highest BCUT2D eigenvalue weighted by molar-refractivity contribution is 5.76. The van der Waals surface area contributed by atoms with Crippen molar-refractivity contribution in [1.82, 2.24) is 15.1 Å². The molecule has 20 heavy (non-hydrogen) atoms. The zero-order valence-electron chi connectivity index (χ0n) is 12.3. The molecule has 1 fully saturated rings. The van der Waals surface area contributed by atoms with Crippen molar-refractivity contribution in [2.24, 2.45) is 0 Å². The molecule has 1 unspecified atom stereocenters. The Labute approximate surface area is 120 Å². The maximum Gasteiger partial charge on any atom is 0.153 e. The molecule has 5 nitrogen and oxygen atoms in total. The standard InChI is InChI=1S/C15H23N3O2/c1-11(12(2)16-3)8-15-13(10-19)9-17-18(15)14-4-6-20-7-5-14/h9-10,12,14,16H,1,4-8H2,2-3H3. The smallest absolute Gasteiger partial charge is 0.153 e. The summed E-state index contributed by atoms with van der Waals surface area (Å²) in [6, 6.07) is 0.540. The maximum absolute atomic E-state index is 11.2. The largest absolute Gasteiger partial charge is 0.381 e. The summed E-state index contributed by atoms with van der Waals surface area (Å²) in [5, 5.41) is 7.59. The number of hydrogen-bond acceptors (Lipinski definition) is 4. The van der Waals surface area contributed by atoms with Crippen LogP contribution in [0.1, 0.15) is 41.9 Å². The van der Waals surface area contributed by atoms with E-state index in [0.29, 0.717) is 18.0 Å². The predicted octanol–water partition coefficient (Wildman–Crippen LogP) is 1.75. The van der Waals surface area contributed by atoms with Gasteiger partial charge in [0.05, 0.1) is 23.5 Å². The first-order valence-corrected chi connectivity index (χ1v) is 7.11. The predicted molar refractivity (Wildman–Crippen MR) is 78.1 cm³/mol. The molecule has 110 valence electrons. The lowest BCUT2D eigenvalue weighted by Gasteiger charge is -2.25. The molecule has 1 saturated heterocycles. The summed E-state index contributed by atoms with van der Waals surface area (Å²) in [6.45, 7) is 7.70. The quantitative estimate of drug-likeness (QED) is 0.636. The second kappa shape index (κ2) is 6.81. The third-order valence-electron chi connectivity index (χ3n) is 4.03. The number of likely N-dealkylation sites (N-methyl/N-ethyl adjacent to an activating group) is 1. The molecule has 1 aromatic rings. The molecule has 5 heteroatoms. The van der Waals surface area contributed by atoms with Crippen molar-refractivity contribution in [3.63, 3.8) is 0 Å². The zero-order valence-corrected chi connectivity index (χ0v) is 12.3. The minimum absolute atomic E-state index is 0.215. The molecule has 0 aromatic carbocycles. The lowest BCUT2D eigenvalue weighted by molar-refractivity contribution is 0.0655. The molecule has 0 spiro atoms. The van der Waals surface area contributed by atoms with Crippen molar-refractivity contribution in [3.8, 4) is 0 Å². The van der Waals surface area contributed by atoms with Gasteiger partial charge in [-0.1, -0.05) is 12.2 Å². The topological polar surface area (TPSA) is 56.2 Å². The van der Waals surface area contributed by atoms with Crippen LogP contribution in [0, 0.1) is 0 Å². The monoisotopic (exact) mass is 277 g/mol. The van der Waals surface area contributed by atoms with E-state index in [1.54, 1.807) is 6.20 Å². The molecule has 1 N–H and O–H groups in total. The van der Waals surface area contributed by atoms with Crippen LogP contribution in [0.15, 0.2) is 18.3 Å². The normalized spacial score (nSPS) is 17.9. The van der Waals surface area contributed by atoms with Crippen molar-refractivity contribution < 1.29 is 9.53 Å². The summed E-state index contributed by atoms with van der Waals surface area (Å²) >= 11 is 0. The molecule has 2 rings (SSSR count). The van der Waals surface area contributed by atoms with Crippen molar-refractivity contribution in [2.45, 2.75) is 38.3 Å². The number of rotatable bonds is 6. The summed E-state index contributed by atoms with van der Waals surface area (Å²) in [7, 11) is 1.91. The average Bonchev–Trinajstić information content (AvgIpc) is 2.89. The number of carbonyl (C=O) groups excluding carboxylic acids is 1. The molecule has 0 aliphatic carbocycles. The highest BCUT2D eigenvalue weighted by Crippen LogP contribution is 2.24. The first-order chi connectivity index (χ1) is 9.67. The van der Waals surface area contributed by atoms with Gasteiger partial charge in [0, 0.05) is 25.7 Å². The Kier molecular flexibility index (Phi) is 5.09. The lowest BCUT2D eigenvalue weighted by Crippen LogP contribution is -2.26. The van der Waals surface area contributed by atoms with Crippen molar-refractivity contribution in [1.29, 1.82) is 0 Å². The Morgan fingerprint density at radius 3 is 2.95 bits per heavy atom. The van der Waals surface area contributed by atoms with Gasteiger partial charge in [0.1, 0.15) is 0 Å². The first-order valence-electron chi connectivity index (χ1n) is 7.11. The molecule has 0 saturated carbocycles. The van der Waals surface area contributed by atoms with Crippen molar-refractivity contribution in [3.05, 3.63) is 29.6 Å². The number of aromatic nitrogens is 2. The van der Waals surface area contributed by atoms with E-state index < -0.39 is 0 Å². The average molecular weight is 277 g/mol. The maximum atomic E-state index is 11.2. The Balaban J connectivity index is 2.22. The Bertz CT molecular complexity index is 475. The van der Waals surface area contributed by atoms with Crippen LogP contribution in [0.25, 0.3) is 0 Å². The van der Waals surface area contributed by atoms with Crippen LogP contribution in [0.5, 0.6) is 0 Å². The number of nitrogens with zero attached hydrogens (tertiary/aromatic N) is 2. The van der Waals surface area contributed by atoms with Gasteiger partial charge in [-0.2, -0.15) is 5.10 Å². The fourth-order valence-corrected chi connectivity index (χ4v) is 2.50. The highest BCUT2D eigenvalue weighted by Gasteiger charge is 2.22. The van der Waals surface area contributed by atoms with Gasteiger partial charge in [-0.05, 0) is 26.8 Å². The number of carbonyl (C=O) groups is 1. The molecular weight excluding hydrogens is 254 g/mol. The summed E-state index contributed by atoms with van der Waals surface area (Å²) in [5.74, 6) is 0. The van der Waals surface area contributed by atoms with Gasteiger partial charge in [0.25, 0.3) is 0 Å². The van der Waals surface area contributed by atoms with Crippen LogP contribution in [0.2, 0.25) is 0 Å². The Hall–Kier alpha value is -1.46. The fraction of sp³-hybridized carbons (Fsp3) is 0.600. The van der Waals surface area contributed by atoms with Crippen molar-refractivity contribution in [2.75, 3.05) is 20.3 Å². The van der Waals surface area contributed by atoms with Gasteiger partial charge in [0.2, 0.25) is 0 Å². The molecule has 2 heterocycles. The van der Waals surface area contributed by atoms with Gasteiger partial charge in [-0.25, -0.2) is 0 Å². The molecule has 0 bridgehead atoms. The van der Waals surface area contributed by atoms with Gasteiger partial charge < -0.3 is 10.1 Å². The van der Waals surface area contributed by atoms with Gasteiger partial charge in [-0.3, -0.25) is 9.48 Å².